The molecule has 6 nitrogen and oxygen atoms in total. The van der Waals surface area contributed by atoms with Crippen molar-refractivity contribution in [3.63, 3.8) is 0 Å². The summed E-state index contributed by atoms with van der Waals surface area (Å²) in [5.41, 5.74) is 15.5. The molecule has 0 saturated carbocycles. The molecule has 3 heterocycles. The molecular weight excluding hydrogens is 360 g/mol. The van der Waals surface area contributed by atoms with Gasteiger partial charge in [0.05, 0.1) is 18.5 Å². The van der Waals surface area contributed by atoms with Crippen LogP contribution in [0.3, 0.4) is 0 Å². The summed E-state index contributed by atoms with van der Waals surface area (Å²) in [6.45, 7) is 0. The first-order chi connectivity index (χ1) is 13.1. The summed E-state index contributed by atoms with van der Waals surface area (Å²) in [6, 6.07) is 13.4. The maximum absolute atomic E-state index is 11.8. The van der Waals surface area contributed by atoms with Gasteiger partial charge in [-0.25, -0.2) is 4.98 Å². The van der Waals surface area contributed by atoms with Crippen molar-refractivity contribution in [3.05, 3.63) is 59.7 Å². The van der Waals surface area contributed by atoms with Crippen molar-refractivity contribution in [1.29, 1.82) is 0 Å². The molecule has 27 heavy (non-hydrogen) atoms. The van der Waals surface area contributed by atoms with E-state index in [1.54, 1.807) is 19.5 Å². The molecule has 0 spiro atoms. The van der Waals surface area contributed by atoms with Crippen molar-refractivity contribution in [2.45, 2.75) is 0 Å². The highest BCUT2D eigenvalue weighted by molar-refractivity contribution is 7.21. The van der Waals surface area contributed by atoms with E-state index in [4.69, 9.17) is 21.2 Å². The number of hydrogen-bond donors (Lipinski definition) is 2. The van der Waals surface area contributed by atoms with Crippen LogP contribution in [0.15, 0.2) is 54.9 Å². The quantitative estimate of drug-likeness (QED) is 0.565. The normalized spacial score (nSPS) is 10.9. The van der Waals surface area contributed by atoms with Gasteiger partial charge in [-0.3, -0.25) is 9.78 Å². The molecule has 4 aromatic rings. The third kappa shape index (κ3) is 2.98. The standard InChI is InChI=1S/C20H16N4O2S/c1-26-13-6-4-11(5-7-13)14-9-15(12-3-2-8-23-10-12)24-20-16(14)17(21)18(27-20)19(22)25/h2-10H,21H2,1H3,(H2,22,25). The zero-order chi connectivity index (χ0) is 19.0. The topological polar surface area (TPSA) is 104 Å². The molecule has 4 N–H and O–H groups in total. The lowest BCUT2D eigenvalue weighted by atomic mass is 10.00. The minimum Gasteiger partial charge on any atom is -0.497 e. The zero-order valence-electron chi connectivity index (χ0n) is 14.5. The minimum atomic E-state index is -0.556. The Hall–Kier alpha value is -3.45. The highest BCUT2D eigenvalue weighted by atomic mass is 32.1. The number of ether oxygens (including phenoxy) is 1. The number of anilines is 1. The summed E-state index contributed by atoms with van der Waals surface area (Å²) < 4.78 is 5.24. The minimum absolute atomic E-state index is 0.315. The van der Waals surface area contributed by atoms with E-state index in [0.29, 0.717) is 15.4 Å². The molecule has 134 valence electrons. The average molecular weight is 376 g/mol. The van der Waals surface area contributed by atoms with Crippen molar-refractivity contribution in [2.24, 2.45) is 5.73 Å². The number of primary amides is 1. The highest BCUT2D eigenvalue weighted by Crippen LogP contribution is 2.41. The van der Waals surface area contributed by atoms with Gasteiger partial charge in [-0.15, -0.1) is 11.3 Å². The summed E-state index contributed by atoms with van der Waals surface area (Å²) in [5, 5.41) is 0.728. The van der Waals surface area contributed by atoms with Crippen molar-refractivity contribution >= 4 is 33.1 Å². The van der Waals surface area contributed by atoms with Crippen LogP contribution < -0.4 is 16.2 Å². The summed E-state index contributed by atoms with van der Waals surface area (Å²) in [6.07, 6.45) is 3.46. The van der Waals surface area contributed by atoms with Crippen LogP contribution in [-0.4, -0.2) is 23.0 Å². The molecule has 0 aliphatic carbocycles. The largest absolute Gasteiger partial charge is 0.497 e. The van der Waals surface area contributed by atoms with Gasteiger partial charge < -0.3 is 16.2 Å². The number of thiophene rings is 1. The van der Waals surface area contributed by atoms with Crippen molar-refractivity contribution in [3.8, 4) is 28.1 Å². The molecule has 0 atom stereocenters. The monoisotopic (exact) mass is 376 g/mol. The number of aromatic nitrogens is 2. The lowest BCUT2D eigenvalue weighted by Crippen LogP contribution is -2.10. The Balaban J connectivity index is 2.02. The van der Waals surface area contributed by atoms with Gasteiger partial charge in [0.2, 0.25) is 0 Å². The Morgan fingerprint density at radius 2 is 1.93 bits per heavy atom. The molecule has 7 heteroatoms. The number of nitrogen functional groups attached to an aromatic ring is 1. The summed E-state index contributed by atoms with van der Waals surface area (Å²) >= 11 is 1.20. The van der Waals surface area contributed by atoms with Crippen LogP contribution in [0.4, 0.5) is 5.69 Å². The Bertz CT molecular complexity index is 1140. The fourth-order valence-corrected chi connectivity index (χ4v) is 3.94. The summed E-state index contributed by atoms with van der Waals surface area (Å²) in [5.74, 6) is 0.201. The Kier molecular flexibility index (Phi) is 4.21. The molecule has 0 aliphatic heterocycles. The van der Waals surface area contributed by atoms with Crippen LogP contribution in [-0.2, 0) is 0 Å². The van der Waals surface area contributed by atoms with E-state index in [1.807, 2.05) is 42.5 Å². The molecule has 0 radical (unpaired) electrons. The van der Waals surface area contributed by atoms with Crippen molar-refractivity contribution < 1.29 is 9.53 Å². The van der Waals surface area contributed by atoms with Crippen LogP contribution >= 0.6 is 11.3 Å². The lowest BCUT2D eigenvalue weighted by molar-refractivity contribution is 0.100. The fourth-order valence-electron chi connectivity index (χ4n) is 2.96. The Morgan fingerprint density at radius 3 is 2.56 bits per heavy atom. The van der Waals surface area contributed by atoms with E-state index in [2.05, 4.69) is 4.98 Å². The highest BCUT2D eigenvalue weighted by Gasteiger charge is 2.20. The fraction of sp³-hybridized carbons (Fsp3) is 0.0500. The molecule has 0 fully saturated rings. The molecule has 0 aliphatic rings. The summed E-state index contributed by atoms with van der Waals surface area (Å²) in [4.78, 5) is 21.6. The predicted octanol–water partition coefficient (Wildman–Crippen LogP) is 3.72. The molecule has 0 saturated heterocycles. The molecule has 1 amide bonds. The number of carbonyl (C=O) groups excluding carboxylic acids is 1. The van der Waals surface area contributed by atoms with Crippen molar-refractivity contribution in [1.82, 2.24) is 9.97 Å². The van der Waals surface area contributed by atoms with Crippen LogP contribution in [0.5, 0.6) is 5.75 Å². The van der Waals surface area contributed by atoms with E-state index >= 15 is 0 Å². The van der Waals surface area contributed by atoms with Gasteiger partial charge in [0.1, 0.15) is 15.5 Å². The number of nitrogens with two attached hydrogens (primary N) is 2. The van der Waals surface area contributed by atoms with Crippen LogP contribution in [0.1, 0.15) is 9.67 Å². The number of fused-ring (bicyclic) bond motifs is 1. The zero-order valence-corrected chi connectivity index (χ0v) is 15.3. The van der Waals surface area contributed by atoms with Gasteiger partial charge in [0.25, 0.3) is 5.91 Å². The van der Waals surface area contributed by atoms with E-state index < -0.39 is 5.91 Å². The Labute approximate surface area is 159 Å². The van der Waals surface area contributed by atoms with Gasteiger partial charge in [-0.2, -0.15) is 0 Å². The number of pyridine rings is 2. The van der Waals surface area contributed by atoms with E-state index in [0.717, 1.165) is 33.5 Å². The number of rotatable bonds is 4. The first-order valence-corrected chi connectivity index (χ1v) is 8.97. The second kappa shape index (κ2) is 6.69. The maximum Gasteiger partial charge on any atom is 0.260 e. The Morgan fingerprint density at radius 1 is 1.15 bits per heavy atom. The van der Waals surface area contributed by atoms with Gasteiger partial charge in [-0.05, 0) is 41.5 Å². The first-order valence-electron chi connectivity index (χ1n) is 8.16. The average Bonchev–Trinajstić information content (AvgIpc) is 3.05. The lowest BCUT2D eigenvalue weighted by Gasteiger charge is -2.09. The first kappa shape index (κ1) is 17.0. The molecule has 1 aromatic carbocycles. The van der Waals surface area contributed by atoms with Crippen LogP contribution in [0.25, 0.3) is 32.6 Å². The third-order valence-corrected chi connectivity index (χ3v) is 5.40. The predicted molar refractivity (Wildman–Crippen MR) is 108 cm³/mol. The number of amides is 1. The van der Waals surface area contributed by atoms with Crippen molar-refractivity contribution in [2.75, 3.05) is 12.8 Å². The molecular formula is C20H16N4O2S. The SMILES string of the molecule is COc1ccc(-c2cc(-c3cccnc3)nc3sc(C(N)=O)c(N)c23)cc1. The second-order valence-corrected chi connectivity index (χ2v) is 6.91. The maximum atomic E-state index is 11.8. The third-order valence-electron chi connectivity index (χ3n) is 4.28. The van der Waals surface area contributed by atoms with Gasteiger partial charge in [0.15, 0.2) is 0 Å². The molecule has 0 unspecified atom stereocenters. The second-order valence-electron chi connectivity index (χ2n) is 5.91. The number of methoxy groups -OCH3 is 1. The smallest absolute Gasteiger partial charge is 0.260 e. The molecule has 3 aromatic heterocycles. The van der Waals surface area contributed by atoms with Gasteiger partial charge >= 0.3 is 0 Å². The molecule has 4 rings (SSSR count). The van der Waals surface area contributed by atoms with Gasteiger partial charge in [0, 0.05) is 23.3 Å². The number of carbonyl (C=O) groups is 1. The van der Waals surface area contributed by atoms with Crippen LogP contribution in [0.2, 0.25) is 0 Å². The molecule has 0 bridgehead atoms. The number of nitrogens with zero attached hydrogens (tertiary/aromatic N) is 2. The van der Waals surface area contributed by atoms with Gasteiger partial charge in [-0.1, -0.05) is 12.1 Å². The van der Waals surface area contributed by atoms with E-state index in [-0.39, 0.29) is 0 Å². The van der Waals surface area contributed by atoms with Crippen LogP contribution in [0, 0.1) is 0 Å². The number of benzene rings is 1. The van der Waals surface area contributed by atoms with E-state index in [9.17, 15) is 4.79 Å². The summed E-state index contributed by atoms with van der Waals surface area (Å²) in [7, 11) is 1.62. The van der Waals surface area contributed by atoms with E-state index in [1.165, 1.54) is 11.3 Å². The number of hydrogen-bond acceptors (Lipinski definition) is 6.